The molecule has 48 heavy (non-hydrogen) atoms. The van der Waals surface area contributed by atoms with Crippen molar-refractivity contribution in [2.75, 3.05) is 19.8 Å². The predicted molar refractivity (Wildman–Crippen MR) is 183 cm³/mol. The largest absolute Gasteiger partial charge is 0.508 e. The monoisotopic (exact) mass is 720 g/mol. The van der Waals surface area contributed by atoms with E-state index in [0.29, 0.717) is 30.4 Å². The Balaban J connectivity index is 0.00000400. The molecule has 0 unspecified atom stereocenters. The number of phenolic OH excluding ortho intramolecular Hbond substituents is 2. The van der Waals surface area contributed by atoms with Gasteiger partial charge in [-0.3, -0.25) is 0 Å². The van der Waals surface area contributed by atoms with Gasteiger partial charge in [0.1, 0.15) is 54.2 Å². The van der Waals surface area contributed by atoms with E-state index in [-0.39, 0.29) is 57.6 Å². The van der Waals surface area contributed by atoms with Crippen LogP contribution in [0, 0.1) is 25.7 Å². The number of ether oxygens (including phenoxy) is 4. The minimum absolute atomic E-state index is 0. The van der Waals surface area contributed by atoms with Gasteiger partial charge in [-0.05, 0) is 79.3 Å². The zero-order chi connectivity index (χ0) is 33.7. The van der Waals surface area contributed by atoms with Crippen LogP contribution in [-0.4, -0.2) is 127 Å². The van der Waals surface area contributed by atoms with Crippen LogP contribution in [0.1, 0.15) is 35.6 Å². The molecular weight excluding hydrogens is 668 g/mol. The third kappa shape index (κ3) is 10.2. The molecule has 9 N–H and O–H groups in total. The van der Waals surface area contributed by atoms with Crippen molar-refractivity contribution in [2.24, 2.45) is 11.8 Å². The quantitative estimate of drug-likeness (QED) is 0.133. The summed E-state index contributed by atoms with van der Waals surface area (Å²) in [6.07, 6.45) is -12.4. The molecule has 15 heteroatoms. The lowest BCUT2D eigenvalue weighted by Crippen LogP contribution is -2.59. The van der Waals surface area contributed by atoms with Crippen LogP contribution >= 0.6 is 27.0 Å². The van der Waals surface area contributed by atoms with Crippen molar-refractivity contribution in [1.29, 1.82) is 0 Å². The van der Waals surface area contributed by atoms with Gasteiger partial charge in [0.15, 0.2) is 12.6 Å². The van der Waals surface area contributed by atoms with E-state index < -0.39 is 73.9 Å². The van der Waals surface area contributed by atoms with E-state index in [0.717, 1.165) is 11.1 Å². The van der Waals surface area contributed by atoms with Gasteiger partial charge in [0.05, 0.1) is 25.9 Å². The first-order chi connectivity index (χ1) is 21.8. The molecule has 0 bridgehead atoms. The van der Waals surface area contributed by atoms with Crippen molar-refractivity contribution in [1.82, 2.24) is 0 Å². The van der Waals surface area contributed by atoms with Gasteiger partial charge < -0.3 is 64.9 Å². The molecule has 2 fully saturated rings. The van der Waals surface area contributed by atoms with Crippen molar-refractivity contribution in [3.8, 4) is 11.5 Å². The smallest absolute Gasteiger partial charge is 0.186 e. The highest BCUT2D eigenvalue weighted by Crippen LogP contribution is 2.31. The van der Waals surface area contributed by atoms with E-state index in [9.17, 15) is 46.0 Å². The van der Waals surface area contributed by atoms with Gasteiger partial charge >= 0.3 is 0 Å². The average Bonchev–Trinajstić information content (AvgIpc) is 3.04. The Bertz CT molecular complexity index is 1170. The number of benzene rings is 2. The van der Waals surface area contributed by atoms with Gasteiger partial charge in [-0.2, -0.15) is 27.0 Å². The highest BCUT2D eigenvalue weighted by Gasteiger charge is 2.45. The Hall–Kier alpha value is -1.70. The summed E-state index contributed by atoms with van der Waals surface area (Å²) in [5.74, 6) is -0.520. The number of aryl methyl sites for hydroxylation is 2. The summed E-state index contributed by atoms with van der Waals surface area (Å²) in [7, 11) is 0. The lowest BCUT2D eigenvalue weighted by atomic mass is 9.83. The second kappa shape index (κ2) is 19.1. The second-order valence-corrected chi connectivity index (χ2v) is 12.5. The molecule has 12 atom stereocenters. The first-order valence-corrected chi connectivity index (χ1v) is 15.6. The van der Waals surface area contributed by atoms with Crippen molar-refractivity contribution >= 4 is 27.0 Å². The molecule has 0 amide bonds. The van der Waals surface area contributed by atoms with Crippen LogP contribution in [-0.2, 0) is 31.8 Å². The summed E-state index contributed by atoms with van der Waals surface area (Å²) in [6, 6.07) is 10.4. The molecular formula is C33H52O13S2. The van der Waals surface area contributed by atoms with Crippen LogP contribution < -0.4 is 0 Å². The summed E-state index contributed by atoms with van der Waals surface area (Å²) in [5.41, 5.74) is 3.03. The molecule has 2 aromatic carbocycles. The van der Waals surface area contributed by atoms with E-state index in [2.05, 4.69) is 0 Å². The molecule has 0 aromatic heterocycles. The van der Waals surface area contributed by atoms with E-state index in [1.165, 1.54) is 0 Å². The molecule has 0 spiro atoms. The topological polar surface area (TPSA) is 219 Å². The Morgan fingerprint density at radius 3 is 1.40 bits per heavy atom. The van der Waals surface area contributed by atoms with Crippen LogP contribution in [0.3, 0.4) is 0 Å². The van der Waals surface area contributed by atoms with Crippen molar-refractivity contribution < 1.29 is 64.9 Å². The molecule has 0 aliphatic carbocycles. The first-order valence-electron chi connectivity index (χ1n) is 15.6. The summed E-state index contributed by atoms with van der Waals surface area (Å²) in [5, 5.41) is 92.4. The number of aromatic hydroxyl groups is 2. The van der Waals surface area contributed by atoms with Gasteiger partial charge in [0, 0.05) is 0 Å². The molecule has 2 aliphatic heterocycles. The highest BCUT2D eigenvalue weighted by atomic mass is 32.1. The molecule has 2 aromatic rings. The van der Waals surface area contributed by atoms with E-state index >= 15 is 0 Å². The molecule has 2 aliphatic rings. The van der Waals surface area contributed by atoms with Crippen LogP contribution in [0.25, 0.3) is 0 Å². The van der Waals surface area contributed by atoms with E-state index in [1.807, 2.05) is 12.1 Å². The zero-order valence-corrected chi connectivity index (χ0v) is 29.3. The van der Waals surface area contributed by atoms with Crippen LogP contribution in [0.4, 0.5) is 0 Å². The van der Waals surface area contributed by atoms with Crippen molar-refractivity contribution in [3.05, 3.63) is 58.7 Å². The first kappa shape index (κ1) is 42.5. The number of aliphatic hydroxyl groups excluding tert-OH is 7. The summed E-state index contributed by atoms with van der Waals surface area (Å²) >= 11 is 0. The molecule has 4 rings (SSSR count). The van der Waals surface area contributed by atoms with Crippen molar-refractivity contribution in [2.45, 2.75) is 101 Å². The Labute approximate surface area is 294 Å². The third-order valence-corrected chi connectivity index (χ3v) is 9.05. The predicted octanol–water partition coefficient (Wildman–Crippen LogP) is 0.00854. The lowest BCUT2D eigenvalue weighted by molar-refractivity contribution is -0.307. The van der Waals surface area contributed by atoms with E-state index in [4.69, 9.17) is 18.9 Å². The van der Waals surface area contributed by atoms with Crippen LogP contribution in [0.5, 0.6) is 11.5 Å². The standard InChI is InChI=1S/C33H48O13.2H2S/c1-4-24-26(37)28(39)30(41)32(45-24)43-14-20(11-18-5-7-22(35)16(2)9-18)21(12-19-6-8-23(36)17(3)10-19)15-44-33-31(42)29(40)27(38)25(13-34)46-33;;/h5-10,20-21,24-42H,4,11-15H2,1-3H3;2*1H2/t20-,21-,24-,25-,26-,27-,28+,29+,30-,31-,32-,33-;;/m1../s1. The fourth-order valence-corrected chi connectivity index (χ4v) is 6.05. The molecule has 2 saturated heterocycles. The molecule has 13 nitrogen and oxygen atoms in total. The van der Waals surface area contributed by atoms with Gasteiger partial charge in [0.2, 0.25) is 0 Å². The Morgan fingerprint density at radius 2 is 1.02 bits per heavy atom. The highest BCUT2D eigenvalue weighted by molar-refractivity contribution is 7.59. The molecule has 274 valence electrons. The fraction of sp³-hybridized carbons (Fsp3) is 0.636. The lowest BCUT2D eigenvalue weighted by Gasteiger charge is -2.41. The number of phenols is 2. The van der Waals surface area contributed by atoms with Crippen LogP contribution in [0.2, 0.25) is 0 Å². The minimum atomic E-state index is -1.62. The van der Waals surface area contributed by atoms with Gasteiger partial charge in [-0.25, -0.2) is 0 Å². The second-order valence-electron chi connectivity index (χ2n) is 12.5. The number of aliphatic hydroxyl groups is 7. The van der Waals surface area contributed by atoms with Gasteiger partial charge in [0.25, 0.3) is 0 Å². The Kier molecular flexibility index (Phi) is 16.9. The molecule has 0 radical (unpaired) electrons. The number of hydrogen-bond acceptors (Lipinski definition) is 13. The fourth-order valence-electron chi connectivity index (χ4n) is 6.05. The maximum atomic E-state index is 10.7. The number of rotatable bonds is 13. The average molecular weight is 721 g/mol. The maximum absolute atomic E-state index is 10.7. The molecule has 2 heterocycles. The maximum Gasteiger partial charge on any atom is 0.186 e. The normalized spacial score (nSPS) is 31.7. The zero-order valence-electron chi connectivity index (χ0n) is 27.3. The minimum Gasteiger partial charge on any atom is -0.508 e. The SMILES string of the molecule is CC[C@H]1O[C@@H](OC[C@@H](Cc2ccc(O)c(C)c2)[C@@H](CO[C@@H]2O[C@H](CO)[C@@H](O)[C@H](O)[C@H]2O)Cc2ccc(O)c(C)c2)[C@H](O)[C@@H](O)[C@@H]1O.S.S. The summed E-state index contributed by atoms with van der Waals surface area (Å²) < 4.78 is 23.5. The van der Waals surface area contributed by atoms with Gasteiger partial charge in [-0.1, -0.05) is 31.2 Å². The Morgan fingerprint density at radius 1 is 0.625 bits per heavy atom. The van der Waals surface area contributed by atoms with E-state index in [1.54, 1.807) is 45.0 Å². The van der Waals surface area contributed by atoms with Crippen molar-refractivity contribution in [3.63, 3.8) is 0 Å². The molecule has 0 saturated carbocycles. The van der Waals surface area contributed by atoms with Crippen LogP contribution in [0.15, 0.2) is 36.4 Å². The van der Waals surface area contributed by atoms with Gasteiger partial charge in [-0.15, -0.1) is 0 Å². The summed E-state index contributed by atoms with van der Waals surface area (Å²) in [6.45, 7) is 4.64. The summed E-state index contributed by atoms with van der Waals surface area (Å²) in [4.78, 5) is 0. The third-order valence-electron chi connectivity index (χ3n) is 9.05. The number of hydrogen-bond donors (Lipinski definition) is 9.